The number of hydrogen-bond acceptors (Lipinski definition) is 2. The van der Waals surface area contributed by atoms with Gasteiger partial charge in [-0.2, -0.15) is 0 Å². The fourth-order valence-corrected chi connectivity index (χ4v) is 4.15. The molecule has 25 heavy (non-hydrogen) atoms. The molecule has 0 fully saturated rings. The van der Waals surface area contributed by atoms with E-state index in [1.54, 1.807) is 0 Å². The highest BCUT2D eigenvalue weighted by Crippen LogP contribution is 2.44. The molecule has 3 nitrogen and oxygen atoms in total. The first-order valence-electron chi connectivity index (χ1n) is 8.62. The van der Waals surface area contributed by atoms with E-state index < -0.39 is 5.91 Å². The maximum Gasteiger partial charge on any atom is 0.249 e. The molecule has 128 valence electrons. The van der Waals surface area contributed by atoms with Gasteiger partial charge in [-0.15, -0.1) is 0 Å². The molecule has 0 unspecified atom stereocenters. The van der Waals surface area contributed by atoms with Crippen LogP contribution in [0.5, 0.6) is 0 Å². The van der Waals surface area contributed by atoms with Crippen molar-refractivity contribution in [2.24, 2.45) is 5.73 Å². The standard InChI is InChI=1S/C21H21FN2O/c1-11-8-16-17(21(23)25)9-18(22)20(19(16)12(11)2)15-5-3-4-13-10-24-7-6-14(13)15/h3-5,9,24H,6-8,10H2,1-2H3,(H2,23,25). The van der Waals surface area contributed by atoms with Gasteiger partial charge in [0.05, 0.1) is 0 Å². The zero-order valence-corrected chi connectivity index (χ0v) is 14.5. The molecule has 2 aromatic rings. The first kappa shape index (κ1) is 16.0. The summed E-state index contributed by atoms with van der Waals surface area (Å²) in [6.45, 7) is 5.74. The Morgan fingerprint density at radius 1 is 1.20 bits per heavy atom. The van der Waals surface area contributed by atoms with Crippen LogP contribution in [0.1, 0.15) is 46.5 Å². The first-order valence-corrected chi connectivity index (χ1v) is 8.62. The Morgan fingerprint density at radius 3 is 2.76 bits per heavy atom. The van der Waals surface area contributed by atoms with Gasteiger partial charge in [-0.05, 0) is 72.7 Å². The number of allylic oxidation sites excluding steroid dienone is 2. The third-order valence-electron chi connectivity index (χ3n) is 5.52. The zero-order chi connectivity index (χ0) is 17.7. The summed E-state index contributed by atoms with van der Waals surface area (Å²) in [5.41, 5.74) is 13.7. The van der Waals surface area contributed by atoms with Gasteiger partial charge in [0.1, 0.15) is 5.82 Å². The van der Waals surface area contributed by atoms with Gasteiger partial charge in [-0.3, -0.25) is 4.79 Å². The van der Waals surface area contributed by atoms with Crippen molar-refractivity contribution in [3.05, 3.63) is 63.5 Å². The smallest absolute Gasteiger partial charge is 0.249 e. The van der Waals surface area contributed by atoms with Crippen LogP contribution in [0.4, 0.5) is 4.39 Å². The molecule has 1 heterocycles. The molecule has 2 aromatic carbocycles. The Hall–Kier alpha value is -2.46. The van der Waals surface area contributed by atoms with Gasteiger partial charge in [-0.25, -0.2) is 4.39 Å². The van der Waals surface area contributed by atoms with Gasteiger partial charge < -0.3 is 11.1 Å². The van der Waals surface area contributed by atoms with Crippen LogP contribution in [0.25, 0.3) is 16.7 Å². The number of primary amides is 1. The number of hydrogen-bond donors (Lipinski definition) is 2. The summed E-state index contributed by atoms with van der Waals surface area (Å²) in [6.07, 6.45) is 1.53. The molecule has 4 rings (SSSR count). The molecular weight excluding hydrogens is 315 g/mol. The van der Waals surface area contributed by atoms with Gasteiger partial charge in [0.2, 0.25) is 5.91 Å². The van der Waals surface area contributed by atoms with E-state index in [1.807, 2.05) is 26.0 Å². The largest absolute Gasteiger partial charge is 0.366 e. The second-order valence-electron chi connectivity index (χ2n) is 6.95. The molecular formula is C21H21FN2O. The summed E-state index contributed by atoms with van der Waals surface area (Å²) in [6, 6.07) is 7.39. The molecule has 0 spiro atoms. The molecule has 0 bridgehead atoms. The van der Waals surface area contributed by atoms with Crippen LogP contribution in [0, 0.1) is 5.82 Å². The van der Waals surface area contributed by atoms with Crippen LogP contribution in [-0.2, 0) is 19.4 Å². The number of carbonyl (C=O) groups is 1. The summed E-state index contributed by atoms with van der Waals surface area (Å²) in [7, 11) is 0. The summed E-state index contributed by atoms with van der Waals surface area (Å²) < 4.78 is 15.2. The molecule has 1 aliphatic heterocycles. The molecule has 1 amide bonds. The lowest BCUT2D eigenvalue weighted by Crippen LogP contribution is -2.24. The molecule has 2 aliphatic rings. The highest BCUT2D eigenvalue weighted by Gasteiger charge is 2.29. The van der Waals surface area contributed by atoms with Crippen molar-refractivity contribution in [2.45, 2.75) is 33.2 Å². The van der Waals surface area contributed by atoms with E-state index in [0.29, 0.717) is 17.5 Å². The van der Waals surface area contributed by atoms with Crippen molar-refractivity contribution in [3.8, 4) is 11.1 Å². The van der Waals surface area contributed by atoms with Crippen molar-refractivity contribution in [2.75, 3.05) is 6.54 Å². The van der Waals surface area contributed by atoms with Crippen molar-refractivity contribution in [1.82, 2.24) is 5.32 Å². The van der Waals surface area contributed by atoms with Crippen LogP contribution >= 0.6 is 0 Å². The van der Waals surface area contributed by atoms with Crippen molar-refractivity contribution < 1.29 is 9.18 Å². The minimum atomic E-state index is -0.566. The Morgan fingerprint density at radius 2 is 2.00 bits per heavy atom. The van der Waals surface area contributed by atoms with Crippen LogP contribution in [0.2, 0.25) is 0 Å². The van der Waals surface area contributed by atoms with E-state index in [0.717, 1.165) is 47.3 Å². The lowest BCUT2D eigenvalue weighted by atomic mass is 9.85. The van der Waals surface area contributed by atoms with Gasteiger partial charge in [-0.1, -0.05) is 23.8 Å². The highest BCUT2D eigenvalue weighted by atomic mass is 19.1. The Bertz CT molecular complexity index is 943. The number of amides is 1. The average Bonchev–Trinajstić information content (AvgIpc) is 2.89. The quantitative estimate of drug-likeness (QED) is 0.880. The number of halogens is 1. The van der Waals surface area contributed by atoms with Crippen LogP contribution in [-0.4, -0.2) is 12.5 Å². The van der Waals surface area contributed by atoms with Gasteiger partial charge in [0, 0.05) is 17.7 Å². The van der Waals surface area contributed by atoms with Crippen molar-refractivity contribution >= 4 is 11.5 Å². The number of fused-ring (bicyclic) bond motifs is 2. The normalized spacial score (nSPS) is 16.0. The molecule has 0 atom stereocenters. The molecule has 3 N–H and O–H groups in total. The third-order valence-corrected chi connectivity index (χ3v) is 5.52. The van der Waals surface area contributed by atoms with Crippen LogP contribution < -0.4 is 11.1 Å². The summed E-state index contributed by atoms with van der Waals surface area (Å²) >= 11 is 0. The minimum absolute atomic E-state index is 0.305. The Balaban J connectivity index is 2.05. The van der Waals surface area contributed by atoms with Crippen molar-refractivity contribution in [1.29, 1.82) is 0 Å². The predicted octanol–water partition coefficient (Wildman–Crippen LogP) is 3.59. The number of benzene rings is 2. The summed E-state index contributed by atoms with van der Waals surface area (Å²) in [5, 5.41) is 3.36. The van der Waals surface area contributed by atoms with Crippen molar-refractivity contribution in [3.63, 3.8) is 0 Å². The summed E-state index contributed by atoms with van der Waals surface area (Å²) in [4.78, 5) is 11.8. The number of nitrogens with two attached hydrogens (primary N) is 1. The van der Waals surface area contributed by atoms with Crippen LogP contribution in [0.3, 0.4) is 0 Å². The van der Waals surface area contributed by atoms with E-state index in [9.17, 15) is 4.79 Å². The highest BCUT2D eigenvalue weighted by molar-refractivity contribution is 6.00. The summed E-state index contributed by atoms with van der Waals surface area (Å²) in [5.74, 6) is -0.933. The van der Waals surface area contributed by atoms with Crippen LogP contribution in [0.15, 0.2) is 29.8 Å². The second-order valence-corrected chi connectivity index (χ2v) is 6.95. The molecule has 0 radical (unpaired) electrons. The predicted molar refractivity (Wildman–Crippen MR) is 97.7 cm³/mol. The lowest BCUT2D eigenvalue weighted by molar-refractivity contribution is 0.0999. The van der Waals surface area contributed by atoms with E-state index in [1.165, 1.54) is 17.2 Å². The monoisotopic (exact) mass is 336 g/mol. The number of nitrogens with one attached hydrogen (secondary N) is 1. The van der Waals surface area contributed by atoms with E-state index in [2.05, 4.69) is 11.4 Å². The van der Waals surface area contributed by atoms with E-state index >= 15 is 4.39 Å². The van der Waals surface area contributed by atoms with Gasteiger partial charge in [0.25, 0.3) is 0 Å². The SMILES string of the molecule is CC1=C(C)c2c(c(C(N)=O)cc(F)c2-c2cccc3c2CCNC3)C1. The maximum absolute atomic E-state index is 15.2. The fourth-order valence-electron chi connectivity index (χ4n) is 4.15. The molecule has 0 saturated heterocycles. The zero-order valence-electron chi connectivity index (χ0n) is 14.5. The first-order chi connectivity index (χ1) is 12.0. The maximum atomic E-state index is 15.2. The minimum Gasteiger partial charge on any atom is -0.366 e. The van der Waals surface area contributed by atoms with Gasteiger partial charge >= 0.3 is 0 Å². The topological polar surface area (TPSA) is 55.1 Å². The number of rotatable bonds is 2. The molecule has 1 aliphatic carbocycles. The van der Waals surface area contributed by atoms with E-state index in [-0.39, 0.29) is 5.82 Å². The van der Waals surface area contributed by atoms with E-state index in [4.69, 9.17) is 5.73 Å². The average molecular weight is 336 g/mol. The fraction of sp³-hybridized carbons (Fsp3) is 0.286. The molecule has 0 aromatic heterocycles. The lowest BCUT2D eigenvalue weighted by Gasteiger charge is -2.23. The number of carbonyl (C=O) groups excluding carboxylic acids is 1. The third kappa shape index (κ3) is 2.40. The Labute approximate surface area is 146 Å². The second kappa shape index (κ2) is 5.81. The molecule has 4 heteroatoms. The van der Waals surface area contributed by atoms with Gasteiger partial charge in [0.15, 0.2) is 0 Å². The Kier molecular flexibility index (Phi) is 3.73. The molecule has 0 saturated carbocycles.